The van der Waals surface area contributed by atoms with Crippen molar-refractivity contribution in [1.29, 1.82) is 0 Å². The molecule has 0 bridgehead atoms. The highest BCUT2D eigenvalue weighted by molar-refractivity contribution is 5.76. The number of carbonyl (C=O) groups excluding carboxylic acids is 1. The zero-order valence-corrected chi connectivity index (χ0v) is 14.5. The molecule has 4 nitrogen and oxygen atoms in total. The van der Waals surface area contributed by atoms with Crippen LogP contribution < -0.4 is 5.32 Å². The minimum absolute atomic E-state index is 0.0969. The molecule has 1 heterocycles. The Morgan fingerprint density at radius 2 is 1.80 bits per heavy atom. The van der Waals surface area contributed by atoms with E-state index in [4.69, 9.17) is 0 Å². The van der Waals surface area contributed by atoms with Gasteiger partial charge in [-0.15, -0.1) is 0 Å². The molecule has 0 radical (unpaired) electrons. The molecule has 2 aromatic carbocycles. The van der Waals surface area contributed by atoms with Crippen LogP contribution in [0.25, 0.3) is 0 Å². The Morgan fingerprint density at radius 3 is 2.60 bits per heavy atom. The lowest BCUT2D eigenvalue weighted by molar-refractivity contribution is -0.123. The second-order valence-corrected chi connectivity index (χ2v) is 6.63. The first-order chi connectivity index (χ1) is 12.2. The molecular formula is C21H26N2O2. The third-order valence-electron chi connectivity index (χ3n) is 4.75. The molecule has 1 aliphatic rings. The molecule has 4 heteroatoms. The molecule has 0 aromatic heterocycles. The summed E-state index contributed by atoms with van der Waals surface area (Å²) in [5, 5.41) is 13.0. The van der Waals surface area contributed by atoms with E-state index in [-0.39, 0.29) is 12.3 Å². The average Bonchev–Trinajstić information content (AvgIpc) is 2.66. The highest BCUT2D eigenvalue weighted by Crippen LogP contribution is 2.18. The molecule has 0 aliphatic carbocycles. The standard InChI is InChI=1S/C21H26N2O2/c24-20(18-8-2-1-3-9-18)15-21(25)22-12-6-13-23-14-11-17-7-4-5-10-19(17)16-23/h1-5,7-10,20,24H,6,11-16H2,(H,22,25). The van der Waals surface area contributed by atoms with Crippen LogP contribution in [-0.4, -0.2) is 35.5 Å². The summed E-state index contributed by atoms with van der Waals surface area (Å²) in [5.74, 6) is -0.0969. The van der Waals surface area contributed by atoms with Crippen LogP contribution in [0.3, 0.4) is 0 Å². The fraction of sp³-hybridized carbons (Fsp3) is 0.381. The van der Waals surface area contributed by atoms with E-state index in [9.17, 15) is 9.90 Å². The Bertz CT molecular complexity index is 687. The van der Waals surface area contributed by atoms with Crippen molar-refractivity contribution in [2.75, 3.05) is 19.6 Å². The third kappa shape index (κ3) is 5.15. The maximum Gasteiger partial charge on any atom is 0.222 e. The predicted molar refractivity (Wildman–Crippen MR) is 99.1 cm³/mol. The molecule has 1 unspecified atom stereocenters. The van der Waals surface area contributed by atoms with Crippen molar-refractivity contribution in [2.45, 2.75) is 31.9 Å². The van der Waals surface area contributed by atoms with Crippen molar-refractivity contribution >= 4 is 5.91 Å². The van der Waals surface area contributed by atoms with Crippen LogP contribution in [0.2, 0.25) is 0 Å². The fourth-order valence-electron chi connectivity index (χ4n) is 3.32. The van der Waals surface area contributed by atoms with E-state index in [0.717, 1.165) is 38.0 Å². The van der Waals surface area contributed by atoms with Gasteiger partial charge in [0.15, 0.2) is 0 Å². The average molecular weight is 338 g/mol. The molecule has 0 saturated heterocycles. The SMILES string of the molecule is O=C(CC(O)c1ccccc1)NCCCN1CCc2ccccc2C1. The number of benzene rings is 2. The summed E-state index contributed by atoms with van der Waals surface area (Å²) in [6.07, 6.45) is 1.40. The lowest BCUT2D eigenvalue weighted by Crippen LogP contribution is -2.34. The van der Waals surface area contributed by atoms with Gasteiger partial charge in [0, 0.05) is 26.2 Å². The molecule has 1 amide bonds. The number of nitrogens with zero attached hydrogens (tertiary/aromatic N) is 1. The van der Waals surface area contributed by atoms with E-state index in [1.54, 1.807) is 0 Å². The number of hydrogen-bond acceptors (Lipinski definition) is 3. The van der Waals surface area contributed by atoms with Crippen molar-refractivity contribution < 1.29 is 9.90 Å². The maximum atomic E-state index is 12.0. The predicted octanol–water partition coefficient (Wildman–Crippen LogP) is 2.67. The van der Waals surface area contributed by atoms with Crippen LogP contribution >= 0.6 is 0 Å². The van der Waals surface area contributed by atoms with E-state index in [0.29, 0.717) is 6.54 Å². The summed E-state index contributed by atoms with van der Waals surface area (Å²) < 4.78 is 0. The first-order valence-electron chi connectivity index (χ1n) is 9.01. The number of amides is 1. The van der Waals surface area contributed by atoms with Gasteiger partial charge in [0.05, 0.1) is 12.5 Å². The van der Waals surface area contributed by atoms with Gasteiger partial charge in [0.2, 0.25) is 5.91 Å². The van der Waals surface area contributed by atoms with Gasteiger partial charge < -0.3 is 10.4 Å². The topological polar surface area (TPSA) is 52.6 Å². The Kier molecular flexibility index (Phi) is 6.20. The molecule has 0 saturated carbocycles. The Hall–Kier alpha value is -2.17. The summed E-state index contributed by atoms with van der Waals surface area (Å²) >= 11 is 0. The number of fused-ring (bicyclic) bond motifs is 1. The number of aliphatic hydroxyl groups excluding tert-OH is 1. The van der Waals surface area contributed by atoms with Crippen molar-refractivity contribution in [2.24, 2.45) is 0 Å². The highest BCUT2D eigenvalue weighted by Gasteiger charge is 2.15. The van der Waals surface area contributed by atoms with Crippen LogP contribution in [0.4, 0.5) is 0 Å². The van der Waals surface area contributed by atoms with Crippen LogP contribution in [0.15, 0.2) is 54.6 Å². The molecule has 1 aliphatic heterocycles. The number of aliphatic hydroxyl groups is 1. The van der Waals surface area contributed by atoms with E-state index >= 15 is 0 Å². The summed E-state index contributed by atoms with van der Waals surface area (Å²) in [6, 6.07) is 17.9. The van der Waals surface area contributed by atoms with E-state index < -0.39 is 6.10 Å². The van der Waals surface area contributed by atoms with Crippen LogP contribution in [-0.2, 0) is 17.8 Å². The fourth-order valence-corrected chi connectivity index (χ4v) is 3.32. The van der Waals surface area contributed by atoms with E-state index in [1.165, 1.54) is 11.1 Å². The Morgan fingerprint density at radius 1 is 1.08 bits per heavy atom. The molecular weight excluding hydrogens is 312 g/mol. The Labute approximate surface area is 149 Å². The van der Waals surface area contributed by atoms with Crippen molar-refractivity contribution in [3.63, 3.8) is 0 Å². The second kappa shape index (κ2) is 8.79. The van der Waals surface area contributed by atoms with Gasteiger partial charge in [0.1, 0.15) is 0 Å². The summed E-state index contributed by atoms with van der Waals surface area (Å²) in [4.78, 5) is 14.4. The van der Waals surface area contributed by atoms with Gasteiger partial charge >= 0.3 is 0 Å². The lowest BCUT2D eigenvalue weighted by atomic mass is 10.00. The second-order valence-electron chi connectivity index (χ2n) is 6.63. The number of nitrogens with one attached hydrogen (secondary N) is 1. The van der Waals surface area contributed by atoms with Crippen molar-refractivity contribution in [3.05, 3.63) is 71.3 Å². The maximum absolute atomic E-state index is 12.0. The molecule has 2 aromatic rings. The molecule has 132 valence electrons. The smallest absolute Gasteiger partial charge is 0.222 e. The molecule has 0 spiro atoms. The van der Waals surface area contributed by atoms with Gasteiger partial charge in [-0.2, -0.15) is 0 Å². The van der Waals surface area contributed by atoms with Crippen LogP contribution in [0.5, 0.6) is 0 Å². The number of carbonyl (C=O) groups is 1. The molecule has 25 heavy (non-hydrogen) atoms. The zero-order valence-electron chi connectivity index (χ0n) is 14.5. The summed E-state index contributed by atoms with van der Waals surface area (Å²) in [5.41, 5.74) is 3.66. The summed E-state index contributed by atoms with van der Waals surface area (Å²) in [7, 11) is 0. The van der Waals surface area contributed by atoms with E-state index in [2.05, 4.69) is 34.5 Å². The normalized spacial score (nSPS) is 15.4. The number of rotatable bonds is 7. The quantitative estimate of drug-likeness (QED) is 0.763. The molecule has 2 N–H and O–H groups in total. The molecule has 0 fully saturated rings. The first-order valence-corrected chi connectivity index (χ1v) is 9.01. The van der Waals surface area contributed by atoms with Crippen LogP contribution in [0, 0.1) is 0 Å². The molecule has 1 atom stereocenters. The lowest BCUT2D eigenvalue weighted by Gasteiger charge is -2.28. The third-order valence-corrected chi connectivity index (χ3v) is 4.75. The molecule has 3 rings (SSSR count). The highest BCUT2D eigenvalue weighted by atomic mass is 16.3. The van der Waals surface area contributed by atoms with Gasteiger partial charge in [0.25, 0.3) is 0 Å². The van der Waals surface area contributed by atoms with Crippen molar-refractivity contribution in [1.82, 2.24) is 10.2 Å². The van der Waals surface area contributed by atoms with Crippen LogP contribution in [0.1, 0.15) is 35.6 Å². The zero-order chi connectivity index (χ0) is 17.5. The first kappa shape index (κ1) is 17.6. The van der Waals surface area contributed by atoms with Gasteiger partial charge in [-0.1, -0.05) is 54.6 Å². The van der Waals surface area contributed by atoms with Gasteiger partial charge in [-0.3, -0.25) is 9.69 Å². The minimum atomic E-state index is -0.736. The van der Waals surface area contributed by atoms with Gasteiger partial charge in [-0.25, -0.2) is 0 Å². The summed E-state index contributed by atoms with van der Waals surface area (Å²) in [6.45, 7) is 3.71. The number of hydrogen-bond donors (Lipinski definition) is 2. The monoisotopic (exact) mass is 338 g/mol. The van der Waals surface area contributed by atoms with Crippen molar-refractivity contribution in [3.8, 4) is 0 Å². The van der Waals surface area contributed by atoms with Gasteiger partial charge in [-0.05, 0) is 29.5 Å². The largest absolute Gasteiger partial charge is 0.388 e. The Balaban J connectivity index is 1.34. The van der Waals surface area contributed by atoms with E-state index in [1.807, 2.05) is 30.3 Å². The minimum Gasteiger partial charge on any atom is -0.388 e.